The van der Waals surface area contributed by atoms with Gasteiger partial charge >= 0.3 is 0 Å². The van der Waals surface area contributed by atoms with Gasteiger partial charge in [0.25, 0.3) is 5.91 Å². The number of aliphatic hydroxyl groups is 1. The molecule has 1 unspecified atom stereocenters. The maximum Gasteiger partial charge on any atom is 0.262 e. The molecule has 1 aliphatic rings. The summed E-state index contributed by atoms with van der Waals surface area (Å²) in [6.07, 6.45) is -0.276. The van der Waals surface area contributed by atoms with E-state index >= 15 is 0 Å². The van der Waals surface area contributed by atoms with Gasteiger partial charge in [0.15, 0.2) is 6.61 Å². The molecule has 20 heavy (non-hydrogen) atoms. The second-order valence-corrected chi connectivity index (χ2v) is 6.18. The molecule has 0 aliphatic carbocycles. The van der Waals surface area contributed by atoms with Gasteiger partial charge in [-0.2, -0.15) is 0 Å². The van der Waals surface area contributed by atoms with Crippen molar-refractivity contribution >= 4 is 21.6 Å². The third kappa shape index (κ3) is 3.27. The number of carbonyl (C=O) groups is 1. The summed E-state index contributed by atoms with van der Waals surface area (Å²) in [7, 11) is -3.73. The Balaban J connectivity index is 2.20. The second-order valence-electron chi connectivity index (χ2n) is 4.41. The van der Waals surface area contributed by atoms with Crippen LogP contribution in [0, 0.1) is 0 Å². The average molecular weight is 300 g/mol. The number of hydrogen-bond donors (Lipinski definition) is 3. The molecule has 2 rings (SSSR count). The number of benzene rings is 1. The topological polar surface area (TPSA) is 105 Å². The third-order valence-electron chi connectivity index (χ3n) is 2.87. The van der Waals surface area contributed by atoms with Gasteiger partial charge < -0.3 is 15.2 Å². The fourth-order valence-corrected chi connectivity index (χ4v) is 2.76. The summed E-state index contributed by atoms with van der Waals surface area (Å²) in [5.41, 5.74) is 0.320. The highest BCUT2D eigenvalue weighted by molar-refractivity contribution is 7.89. The van der Waals surface area contributed by atoms with Gasteiger partial charge in [-0.25, -0.2) is 13.1 Å². The zero-order chi connectivity index (χ0) is 14.8. The fourth-order valence-electron chi connectivity index (χ4n) is 1.66. The van der Waals surface area contributed by atoms with E-state index in [2.05, 4.69) is 10.0 Å². The molecule has 1 amide bonds. The summed E-state index contributed by atoms with van der Waals surface area (Å²) in [6.45, 7) is 1.61. The van der Waals surface area contributed by atoms with E-state index in [1.54, 1.807) is 6.92 Å². The zero-order valence-electron chi connectivity index (χ0n) is 10.9. The van der Waals surface area contributed by atoms with Crippen molar-refractivity contribution < 1.29 is 23.1 Å². The number of sulfonamides is 1. The number of anilines is 1. The van der Waals surface area contributed by atoms with Gasteiger partial charge in [0, 0.05) is 6.54 Å². The lowest BCUT2D eigenvalue weighted by molar-refractivity contribution is -0.118. The Morgan fingerprint density at radius 3 is 2.95 bits per heavy atom. The van der Waals surface area contributed by atoms with E-state index < -0.39 is 16.1 Å². The van der Waals surface area contributed by atoms with Crippen LogP contribution in [0.4, 0.5) is 5.69 Å². The molecule has 8 heteroatoms. The molecule has 0 aromatic heterocycles. The molecule has 110 valence electrons. The van der Waals surface area contributed by atoms with Crippen molar-refractivity contribution in [2.75, 3.05) is 18.5 Å². The van der Waals surface area contributed by atoms with Crippen LogP contribution in [-0.2, 0) is 14.8 Å². The van der Waals surface area contributed by atoms with E-state index in [-0.39, 0.29) is 24.0 Å². The van der Waals surface area contributed by atoms with Crippen LogP contribution < -0.4 is 14.8 Å². The molecule has 7 nitrogen and oxygen atoms in total. The fraction of sp³-hybridized carbons (Fsp3) is 0.417. The molecule has 1 aromatic carbocycles. The van der Waals surface area contributed by atoms with Crippen LogP contribution in [0.15, 0.2) is 23.1 Å². The van der Waals surface area contributed by atoms with Gasteiger partial charge in [0.1, 0.15) is 5.75 Å². The molecule has 0 radical (unpaired) electrons. The highest BCUT2D eigenvalue weighted by atomic mass is 32.2. The SMILES string of the molecule is CCC(O)CNS(=O)(=O)c1ccc2c(c1)NC(=O)CO2. The van der Waals surface area contributed by atoms with Crippen LogP contribution in [0.25, 0.3) is 0 Å². The number of amides is 1. The number of ether oxygens (including phenoxy) is 1. The van der Waals surface area contributed by atoms with Crippen molar-refractivity contribution in [3.05, 3.63) is 18.2 Å². The van der Waals surface area contributed by atoms with E-state index in [1.165, 1.54) is 18.2 Å². The first kappa shape index (κ1) is 14.8. The molecule has 1 atom stereocenters. The molecule has 0 spiro atoms. The Bertz CT molecular complexity index is 614. The highest BCUT2D eigenvalue weighted by Crippen LogP contribution is 2.29. The lowest BCUT2D eigenvalue weighted by Crippen LogP contribution is -2.32. The maximum atomic E-state index is 12.0. The van der Waals surface area contributed by atoms with Crippen molar-refractivity contribution in [3.63, 3.8) is 0 Å². The number of carbonyl (C=O) groups excluding carboxylic acids is 1. The molecule has 0 saturated carbocycles. The minimum absolute atomic E-state index is 0.00496. The number of rotatable bonds is 5. The first-order valence-electron chi connectivity index (χ1n) is 6.17. The van der Waals surface area contributed by atoms with Gasteiger partial charge in [0.05, 0.1) is 16.7 Å². The maximum absolute atomic E-state index is 12.0. The Kier molecular flexibility index (Phi) is 4.26. The minimum atomic E-state index is -3.73. The first-order valence-corrected chi connectivity index (χ1v) is 7.65. The van der Waals surface area contributed by atoms with Crippen LogP contribution in [0.1, 0.15) is 13.3 Å². The summed E-state index contributed by atoms with van der Waals surface area (Å²) >= 11 is 0. The summed E-state index contributed by atoms with van der Waals surface area (Å²) in [4.78, 5) is 11.2. The van der Waals surface area contributed by atoms with Crippen molar-refractivity contribution in [3.8, 4) is 5.75 Å². The molecular formula is C12H16N2O5S. The molecule has 0 bridgehead atoms. The Morgan fingerprint density at radius 2 is 2.25 bits per heavy atom. The van der Waals surface area contributed by atoms with Gasteiger partial charge in [-0.05, 0) is 24.6 Å². The monoisotopic (exact) mass is 300 g/mol. The van der Waals surface area contributed by atoms with E-state index in [0.29, 0.717) is 17.9 Å². The highest BCUT2D eigenvalue weighted by Gasteiger charge is 2.21. The van der Waals surface area contributed by atoms with Gasteiger partial charge in [0.2, 0.25) is 10.0 Å². The zero-order valence-corrected chi connectivity index (χ0v) is 11.7. The standard InChI is InChI=1S/C12H16N2O5S/c1-2-8(15)6-13-20(17,18)9-3-4-11-10(5-9)14-12(16)7-19-11/h3-5,8,13,15H,2,6-7H2,1H3,(H,14,16). The summed E-state index contributed by atoms with van der Waals surface area (Å²) in [6, 6.07) is 4.20. The predicted octanol–water partition coefficient (Wildman–Crippen LogP) is 0.0667. The average Bonchev–Trinajstić information content (AvgIpc) is 2.44. The first-order chi connectivity index (χ1) is 9.42. The molecule has 3 N–H and O–H groups in total. The van der Waals surface area contributed by atoms with Crippen molar-refractivity contribution in [1.29, 1.82) is 0 Å². The van der Waals surface area contributed by atoms with Crippen LogP contribution in [0.3, 0.4) is 0 Å². The quantitative estimate of drug-likeness (QED) is 0.713. The molecule has 1 heterocycles. The summed E-state index contributed by atoms with van der Waals surface area (Å²) in [5, 5.41) is 11.9. The van der Waals surface area contributed by atoms with Gasteiger partial charge in [-0.15, -0.1) is 0 Å². The molecular weight excluding hydrogens is 284 g/mol. The largest absolute Gasteiger partial charge is 0.482 e. The van der Waals surface area contributed by atoms with Crippen molar-refractivity contribution in [2.45, 2.75) is 24.3 Å². The van der Waals surface area contributed by atoms with Crippen LogP contribution in [0.2, 0.25) is 0 Å². The number of nitrogens with one attached hydrogen (secondary N) is 2. The lowest BCUT2D eigenvalue weighted by Gasteiger charge is -2.18. The van der Waals surface area contributed by atoms with Gasteiger partial charge in [-0.1, -0.05) is 6.92 Å². The van der Waals surface area contributed by atoms with Crippen molar-refractivity contribution in [2.24, 2.45) is 0 Å². The van der Waals surface area contributed by atoms with E-state index in [1.807, 2.05) is 0 Å². The minimum Gasteiger partial charge on any atom is -0.482 e. The number of aliphatic hydroxyl groups excluding tert-OH is 1. The second kappa shape index (κ2) is 5.78. The van der Waals surface area contributed by atoms with E-state index in [4.69, 9.17) is 4.74 Å². The molecule has 0 saturated heterocycles. The number of hydrogen-bond acceptors (Lipinski definition) is 5. The van der Waals surface area contributed by atoms with Crippen LogP contribution in [-0.4, -0.2) is 38.7 Å². The Morgan fingerprint density at radius 1 is 1.50 bits per heavy atom. The smallest absolute Gasteiger partial charge is 0.262 e. The Labute approximate surface area is 117 Å². The van der Waals surface area contributed by atoms with Crippen LogP contribution in [0.5, 0.6) is 5.75 Å². The third-order valence-corrected chi connectivity index (χ3v) is 4.30. The van der Waals surface area contributed by atoms with E-state index in [0.717, 1.165) is 0 Å². The molecule has 0 fully saturated rings. The summed E-state index contributed by atoms with van der Waals surface area (Å²) in [5.74, 6) is 0.0959. The normalized spacial score (nSPS) is 16.0. The molecule has 1 aromatic rings. The van der Waals surface area contributed by atoms with Crippen LogP contribution >= 0.6 is 0 Å². The predicted molar refractivity (Wildman–Crippen MR) is 72.1 cm³/mol. The Hall–Kier alpha value is -1.64. The van der Waals surface area contributed by atoms with Crippen molar-refractivity contribution in [1.82, 2.24) is 4.72 Å². The van der Waals surface area contributed by atoms with E-state index in [9.17, 15) is 18.3 Å². The van der Waals surface area contributed by atoms with Gasteiger partial charge in [-0.3, -0.25) is 4.79 Å². The number of fused-ring (bicyclic) bond motifs is 1. The molecule has 1 aliphatic heterocycles. The lowest BCUT2D eigenvalue weighted by atomic mass is 10.2. The summed E-state index contributed by atoms with van der Waals surface area (Å²) < 4.78 is 31.6.